The van der Waals surface area contributed by atoms with Crippen molar-refractivity contribution >= 4 is 5.96 Å². The minimum absolute atomic E-state index is 0.276. The summed E-state index contributed by atoms with van der Waals surface area (Å²) in [6.07, 6.45) is 2.24. The molecule has 1 aromatic carbocycles. The maximum atomic E-state index is 13.2. The summed E-state index contributed by atoms with van der Waals surface area (Å²) in [6, 6.07) is 3.53. The Balaban J connectivity index is 1.52. The van der Waals surface area contributed by atoms with Crippen LogP contribution in [0.25, 0.3) is 0 Å². The molecule has 2 aliphatic rings. The number of rotatable bonds is 5. The number of hydrogen-bond acceptors (Lipinski definition) is 3. The minimum Gasteiger partial charge on any atom is -0.492 e. The third-order valence-electron chi connectivity index (χ3n) is 4.77. The largest absolute Gasteiger partial charge is 0.492 e. The molecule has 0 radical (unpaired) electrons. The molecule has 2 saturated heterocycles. The highest BCUT2D eigenvalue weighted by Gasteiger charge is 2.42. The van der Waals surface area contributed by atoms with Gasteiger partial charge >= 0.3 is 0 Å². The molecule has 2 aliphatic heterocycles. The van der Waals surface area contributed by atoms with Gasteiger partial charge < -0.3 is 19.7 Å². The molecule has 0 saturated carbocycles. The highest BCUT2D eigenvalue weighted by atomic mass is 19.2. The van der Waals surface area contributed by atoms with Gasteiger partial charge in [-0.15, -0.1) is 0 Å². The van der Waals surface area contributed by atoms with Gasteiger partial charge in [-0.3, -0.25) is 0 Å². The number of halogens is 2. The number of ether oxygens (including phenoxy) is 2. The van der Waals surface area contributed by atoms with Crippen LogP contribution in [-0.4, -0.2) is 56.9 Å². The molecule has 0 aliphatic carbocycles. The molecule has 1 atom stereocenters. The number of nitrogens with zero attached hydrogens (tertiary/aromatic N) is 2. The van der Waals surface area contributed by atoms with E-state index < -0.39 is 11.6 Å². The summed E-state index contributed by atoms with van der Waals surface area (Å²) < 4.78 is 37.1. The lowest BCUT2D eigenvalue weighted by Crippen LogP contribution is -2.41. The molecule has 7 heteroatoms. The smallest absolute Gasteiger partial charge is 0.194 e. The van der Waals surface area contributed by atoms with Crippen LogP contribution in [0.3, 0.4) is 0 Å². The summed E-state index contributed by atoms with van der Waals surface area (Å²) in [5.74, 6) is -0.600. The van der Waals surface area contributed by atoms with E-state index in [1.807, 2.05) is 6.92 Å². The molecule has 1 aromatic rings. The molecule has 1 N–H and O–H groups in total. The van der Waals surface area contributed by atoms with Crippen LogP contribution in [-0.2, 0) is 4.74 Å². The van der Waals surface area contributed by atoms with Crippen LogP contribution >= 0.6 is 0 Å². The first kappa shape index (κ1) is 17.9. The Morgan fingerprint density at radius 3 is 2.96 bits per heavy atom. The average molecular weight is 353 g/mol. The predicted octanol–water partition coefficient (Wildman–Crippen LogP) is 2.42. The zero-order valence-corrected chi connectivity index (χ0v) is 14.6. The highest BCUT2D eigenvalue weighted by Crippen LogP contribution is 2.38. The van der Waals surface area contributed by atoms with Gasteiger partial charge in [-0.05, 0) is 31.9 Å². The maximum absolute atomic E-state index is 13.2. The number of nitrogens with one attached hydrogen (secondary N) is 1. The topological polar surface area (TPSA) is 46.1 Å². The van der Waals surface area contributed by atoms with E-state index in [4.69, 9.17) is 9.47 Å². The van der Waals surface area contributed by atoms with Crippen molar-refractivity contribution in [2.24, 2.45) is 10.4 Å². The Bertz CT molecular complexity index is 618. The first-order valence-corrected chi connectivity index (χ1v) is 8.81. The Morgan fingerprint density at radius 2 is 2.24 bits per heavy atom. The molecule has 0 amide bonds. The average Bonchev–Trinajstić information content (AvgIpc) is 3.24. The van der Waals surface area contributed by atoms with E-state index in [-0.39, 0.29) is 5.41 Å². The van der Waals surface area contributed by atoms with Crippen LogP contribution in [0.15, 0.2) is 23.2 Å². The predicted molar refractivity (Wildman–Crippen MR) is 91.9 cm³/mol. The Morgan fingerprint density at radius 1 is 1.36 bits per heavy atom. The van der Waals surface area contributed by atoms with Crippen LogP contribution < -0.4 is 10.1 Å². The highest BCUT2D eigenvalue weighted by molar-refractivity contribution is 5.80. The lowest BCUT2D eigenvalue weighted by molar-refractivity contribution is 0.156. The van der Waals surface area contributed by atoms with Gasteiger partial charge in [0, 0.05) is 37.7 Å². The molecule has 5 nitrogen and oxygen atoms in total. The first-order valence-electron chi connectivity index (χ1n) is 8.81. The quantitative estimate of drug-likeness (QED) is 0.502. The lowest BCUT2D eigenvalue weighted by Gasteiger charge is -2.25. The first-order chi connectivity index (χ1) is 12.1. The van der Waals surface area contributed by atoms with E-state index in [1.165, 1.54) is 6.07 Å². The van der Waals surface area contributed by atoms with Crippen LogP contribution in [0.4, 0.5) is 8.78 Å². The number of guanidine groups is 1. The molecule has 1 unspecified atom stereocenters. The van der Waals surface area contributed by atoms with E-state index in [9.17, 15) is 8.78 Å². The SMILES string of the molecule is CCNC(=NCCOc1ccc(F)c(F)c1)N1CCC2(CCOC2)C1. The van der Waals surface area contributed by atoms with Gasteiger partial charge in [0.1, 0.15) is 12.4 Å². The molecule has 138 valence electrons. The third kappa shape index (κ3) is 4.39. The number of hydrogen-bond donors (Lipinski definition) is 1. The summed E-state index contributed by atoms with van der Waals surface area (Å²) in [6.45, 7) is 7.21. The zero-order chi connectivity index (χ0) is 17.7. The van der Waals surface area contributed by atoms with E-state index >= 15 is 0 Å². The van der Waals surface area contributed by atoms with Gasteiger partial charge in [-0.25, -0.2) is 13.8 Å². The van der Waals surface area contributed by atoms with Gasteiger partial charge in [0.25, 0.3) is 0 Å². The Labute approximate surface area is 147 Å². The van der Waals surface area contributed by atoms with E-state index in [0.29, 0.717) is 18.9 Å². The monoisotopic (exact) mass is 353 g/mol. The van der Waals surface area contributed by atoms with Gasteiger partial charge in [0.05, 0.1) is 13.2 Å². The van der Waals surface area contributed by atoms with Crippen molar-refractivity contribution in [1.82, 2.24) is 10.2 Å². The molecular formula is C18H25F2N3O2. The summed E-state index contributed by atoms with van der Waals surface area (Å²) in [7, 11) is 0. The second-order valence-corrected chi connectivity index (χ2v) is 6.63. The van der Waals surface area contributed by atoms with E-state index in [2.05, 4.69) is 15.2 Å². The summed E-state index contributed by atoms with van der Waals surface area (Å²) in [5, 5.41) is 3.32. The molecule has 1 spiro atoms. The van der Waals surface area contributed by atoms with Crippen molar-refractivity contribution in [2.75, 3.05) is 46.0 Å². The second kappa shape index (κ2) is 7.99. The Kier molecular flexibility index (Phi) is 5.73. The van der Waals surface area contributed by atoms with Crippen molar-refractivity contribution in [3.05, 3.63) is 29.8 Å². The summed E-state index contributed by atoms with van der Waals surface area (Å²) in [4.78, 5) is 6.88. The normalized spacial score (nSPS) is 23.5. The fourth-order valence-corrected chi connectivity index (χ4v) is 3.39. The summed E-state index contributed by atoms with van der Waals surface area (Å²) >= 11 is 0. The van der Waals surface area contributed by atoms with Crippen molar-refractivity contribution in [3.8, 4) is 5.75 Å². The van der Waals surface area contributed by atoms with Crippen molar-refractivity contribution in [1.29, 1.82) is 0 Å². The van der Waals surface area contributed by atoms with Gasteiger partial charge in [-0.2, -0.15) is 0 Å². The number of aliphatic imine (C=N–C) groups is 1. The molecular weight excluding hydrogens is 328 g/mol. The molecule has 3 rings (SSSR count). The van der Waals surface area contributed by atoms with Gasteiger partial charge in [0.15, 0.2) is 17.6 Å². The Hall–Kier alpha value is -1.89. The van der Waals surface area contributed by atoms with Crippen molar-refractivity contribution < 1.29 is 18.3 Å². The van der Waals surface area contributed by atoms with Crippen molar-refractivity contribution in [2.45, 2.75) is 19.8 Å². The van der Waals surface area contributed by atoms with Crippen LogP contribution in [0.1, 0.15) is 19.8 Å². The van der Waals surface area contributed by atoms with E-state index in [1.54, 1.807) is 0 Å². The van der Waals surface area contributed by atoms with E-state index in [0.717, 1.165) is 63.8 Å². The van der Waals surface area contributed by atoms with Gasteiger partial charge in [-0.1, -0.05) is 0 Å². The van der Waals surface area contributed by atoms with Gasteiger partial charge in [0.2, 0.25) is 0 Å². The third-order valence-corrected chi connectivity index (χ3v) is 4.77. The molecule has 2 heterocycles. The minimum atomic E-state index is -0.907. The molecule has 0 bridgehead atoms. The van der Waals surface area contributed by atoms with Crippen LogP contribution in [0.2, 0.25) is 0 Å². The fourth-order valence-electron chi connectivity index (χ4n) is 3.39. The summed E-state index contributed by atoms with van der Waals surface area (Å²) in [5.41, 5.74) is 0.276. The second-order valence-electron chi connectivity index (χ2n) is 6.63. The van der Waals surface area contributed by atoms with Crippen molar-refractivity contribution in [3.63, 3.8) is 0 Å². The molecule has 0 aromatic heterocycles. The number of likely N-dealkylation sites (tertiary alicyclic amines) is 1. The number of benzene rings is 1. The molecule has 2 fully saturated rings. The maximum Gasteiger partial charge on any atom is 0.194 e. The molecule has 25 heavy (non-hydrogen) atoms. The van der Waals surface area contributed by atoms with Crippen LogP contribution in [0.5, 0.6) is 5.75 Å². The zero-order valence-electron chi connectivity index (χ0n) is 14.6. The standard InChI is InChI=1S/C18H25F2N3O2/c1-2-21-17(23-8-5-18(12-23)6-9-24-13-18)22-7-10-25-14-3-4-15(19)16(20)11-14/h3-4,11H,2,5-10,12-13H2,1H3,(H,21,22). The lowest BCUT2D eigenvalue weighted by atomic mass is 9.87. The van der Waals surface area contributed by atoms with Crippen LogP contribution in [0, 0.1) is 17.0 Å². The fraction of sp³-hybridized carbons (Fsp3) is 0.611.